The number of hydrogen-bond donors (Lipinski definition) is 1. The molecule has 0 radical (unpaired) electrons. The van der Waals surface area contributed by atoms with Gasteiger partial charge in [0, 0.05) is 16.4 Å². The monoisotopic (exact) mass is 335 g/mol. The lowest BCUT2D eigenvalue weighted by Gasteiger charge is -2.39. The van der Waals surface area contributed by atoms with Crippen molar-refractivity contribution < 1.29 is 8.42 Å². The Labute approximate surface area is 130 Å². The normalized spacial score (nSPS) is 27.4. The van der Waals surface area contributed by atoms with Crippen LogP contribution in [0.2, 0.25) is 5.02 Å². The minimum Gasteiger partial charge on any atom is -0.207 e. The fourth-order valence-electron chi connectivity index (χ4n) is 2.86. The zero-order chi connectivity index (χ0) is 14.8. The number of nitrogens with one attached hydrogen (secondary N) is 1. The highest BCUT2D eigenvalue weighted by molar-refractivity contribution is 7.89. The van der Waals surface area contributed by atoms with Gasteiger partial charge in [0.05, 0.1) is 4.90 Å². The number of sulfonamides is 1. The fourth-order valence-corrected chi connectivity index (χ4v) is 4.81. The first-order valence-corrected chi connectivity index (χ1v) is 9.12. The summed E-state index contributed by atoms with van der Waals surface area (Å²) in [5.41, 5.74) is -0.530. The summed E-state index contributed by atoms with van der Waals surface area (Å²) in [6.45, 7) is 2.14. The second-order valence-electron chi connectivity index (χ2n) is 5.67. The van der Waals surface area contributed by atoms with E-state index in [1.807, 2.05) is 0 Å². The molecular formula is C14H19Cl2NO2S. The van der Waals surface area contributed by atoms with E-state index >= 15 is 0 Å². The molecule has 3 nitrogen and oxygen atoms in total. The van der Waals surface area contributed by atoms with Gasteiger partial charge >= 0.3 is 0 Å². The number of rotatable bonds is 4. The summed E-state index contributed by atoms with van der Waals surface area (Å²) in [4.78, 5) is 0.226. The maximum Gasteiger partial charge on any atom is 0.241 e. The van der Waals surface area contributed by atoms with Gasteiger partial charge in [-0.2, -0.15) is 0 Å². The third-order valence-corrected chi connectivity index (χ3v) is 6.18. The topological polar surface area (TPSA) is 46.2 Å². The van der Waals surface area contributed by atoms with E-state index in [0.717, 1.165) is 25.7 Å². The highest BCUT2D eigenvalue weighted by Crippen LogP contribution is 2.34. The average molecular weight is 336 g/mol. The minimum absolute atomic E-state index is 0.226. The first kappa shape index (κ1) is 16.1. The quantitative estimate of drug-likeness (QED) is 0.850. The first-order chi connectivity index (χ1) is 9.37. The predicted octanol–water partition coefficient (Wildman–Crippen LogP) is 3.81. The molecule has 0 aliphatic heterocycles. The van der Waals surface area contributed by atoms with Crippen molar-refractivity contribution in [2.24, 2.45) is 5.92 Å². The second kappa shape index (κ2) is 6.22. The molecule has 2 rings (SSSR count). The van der Waals surface area contributed by atoms with Gasteiger partial charge in [-0.15, -0.1) is 11.6 Å². The van der Waals surface area contributed by atoms with Gasteiger partial charge < -0.3 is 0 Å². The van der Waals surface area contributed by atoms with Crippen molar-refractivity contribution in [2.75, 3.05) is 5.88 Å². The van der Waals surface area contributed by atoms with Crippen LogP contribution >= 0.6 is 23.2 Å². The lowest BCUT2D eigenvalue weighted by Crippen LogP contribution is -2.52. The van der Waals surface area contributed by atoms with E-state index < -0.39 is 15.6 Å². The molecule has 2 unspecified atom stereocenters. The van der Waals surface area contributed by atoms with Crippen molar-refractivity contribution in [1.82, 2.24) is 4.72 Å². The number of halogens is 2. The molecule has 0 spiro atoms. The Kier molecular flexibility index (Phi) is 5.00. The summed E-state index contributed by atoms with van der Waals surface area (Å²) in [5.74, 6) is 0.778. The van der Waals surface area contributed by atoms with Gasteiger partial charge in [0.2, 0.25) is 10.0 Å². The SMILES string of the molecule is CC1CCCC(CCl)(NS(=O)(=O)c2ccc(Cl)cc2)C1. The Morgan fingerprint density at radius 3 is 2.55 bits per heavy atom. The van der Waals surface area contributed by atoms with Gasteiger partial charge in [0.1, 0.15) is 0 Å². The molecule has 0 bridgehead atoms. The van der Waals surface area contributed by atoms with E-state index in [2.05, 4.69) is 11.6 Å². The van der Waals surface area contributed by atoms with Gasteiger partial charge in [0.25, 0.3) is 0 Å². The van der Waals surface area contributed by atoms with E-state index in [0.29, 0.717) is 16.8 Å². The zero-order valence-corrected chi connectivity index (χ0v) is 13.7. The molecule has 1 fully saturated rings. The summed E-state index contributed by atoms with van der Waals surface area (Å²) in [6.07, 6.45) is 3.69. The molecule has 1 saturated carbocycles. The Hall–Kier alpha value is -0.290. The van der Waals surface area contributed by atoms with Crippen molar-refractivity contribution in [1.29, 1.82) is 0 Å². The molecule has 1 N–H and O–H groups in total. The van der Waals surface area contributed by atoms with E-state index in [-0.39, 0.29) is 4.90 Å². The molecule has 0 saturated heterocycles. The van der Waals surface area contributed by atoms with E-state index in [1.165, 1.54) is 12.1 Å². The van der Waals surface area contributed by atoms with Gasteiger partial charge in [0.15, 0.2) is 0 Å². The van der Waals surface area contributed by atoms with Crippen molar-refractivity contribution in [3.8, 4) is 0 Å². The van der Waals surface area contributed by atoms with E-state index in [1.54, 1.807) is 12.1 Å². The Bertz CT molecular complexity index is 559. The van der Waals surface area contributed by atoms with Crippen LogP contribution in [0.4, 0.5) is 0 Å². The van der Waals surface area contributed by atoms with Crippen LogP contribution in [-0.4, -0.2) is 19.8 Å². The molecule has 6 heteroatoms. The number of hydrogen-bond acceptors (Lipinski definition) is 2. The molecule has 20 heavy (non-hydrogen) atoms. The highest BCUT2D eigenvalue weighted by atomic mass is 35.5. The van der Waals surface area contributed by atoms with Crippen LogP contribution in [0.1, 0.15) is 32.6 Å². The maximum atomic E-state index is 12.5. The molecule has 1 aliphatic rings. The van der Waals surface area contributed by atoms with Crippen molar-refractivity contribution in [2.45, 2.75) is 43.0 Å². The van der Waals surface area contributed by atoms with E-state index in [4.69, 9.17) is 23.2 Å². The summed E-state index contributed by atoms with van der Waals surface area (Å²) < 4.78 is 27.8. The Balaban J connectivity index is 2.23. The van der Waals surface area contributed by atoms with Gasteiger partial charge in [-0.25, -0.2) is 13.1 Å². The summed E-state index contributed by atoms with van der Waals surface area (Å²) in [7, 11) is -3.56. The second-order valence-corrected chi connectivity index (χ2v) is 8.06. The fraction of sp³-hybridized carbons (Fsp3) is 0.571. The third-order valence-electron chi connectivity index (χ3n) is 3.82. The van der Waals surface area contributed by atoms with Gasteiger partial charge in [-0.3, -0.25) is 0 Å². The average Bonchev–Trinajstić information content (AvgIpc) is 2.38. The zero-order valence-electron chi connectivity index (χ0n) is 11.4. The van der Waals surface area contributed by atoms with Crippen LogP contribution in [0.25, 0.3) is 0 Å². The minimum atomic E-state index is -3.56. The molecule has 0 heterocycles. The van der Waals surface area contributed by atoms with E-state index in [9.17, 15) is 8.42 Å². The van der Waals surface area contributed by atoms with Crippen molar-refractivity contribution in [3.05, 3.63) is 29.3 Å². The van der Waals surface area contributed by atoms with Crippen LogP contribution in [0, 0.1) is 5.92 Å². The van der Waals surface area contributed by atoms with Crippen LogP contribution < -0.4 is 4.72 Å². The van der Waals surface area contributed by atoms with Crippen LogP contribution in [0.5, 0.6) is 0 Å². The van der Waals surface area contributed by atoms with Crippen LogP contribution in [0.15, 0.2) is 29.2 Å². The summed E-state index contributed by atoms with van der Waals surface area (Å²) in [5, 5.41) is 0.516. The molecule has 2 atom stereocenters. The lowest BCUT2D eigenvalue weighted by molar-refractivity contribution is 0.239. The Morgan fingerprint density at radius 2 is 2.00 bits per heavy atom. The largest absolute Gasteiger partial charge is 0.241 e. The maximum absolute atomic E-state index is 12.5. The first-order valence-electron chi connectivity index (χ1n) is 6.72. The van der Waals surface area contributed by atoms with Gasteiger partial charge in [-0.1, -0.05) is 31.4 Å². The predicted molar refractivity (Wildman–Crippen MR) is 82.9 cm³/mol. The molecule has 0 aromatic heterocycles. The lowest BCUT2D eigenvalue weighted by atomic mass is 9.78. The molecule has 0 amide bonds. The molecular weight excluding hydrogens is 317 g/mol. The standard InChI is InChI=1S/C14H19Cl2NO2S/c1-11-3-2-8-14(9-11,10-15)17-20(18,19)13-6-4-12(16)5-7-13/h4-7,11,17H,2-3,8-10H2,1H3. The van der Waals surface area contributed by atoms with Crippen molar-refractivity contribution >= 4 is 33.2 Å². The van der Waals surface area contributed by atoms with Crippen molar-refractivity contribution in [3.63, 3.8) is 0 Å². The molecule has 1 aromatic rings. The highest BCUT2D eigenvalue weighted by Gasteiger charge is 2.38. The summed E-state index contributed by atoms with van der Waals surface area (Å²) in [6, 6.07) is 6.18. The number of benzene rings is 1. The van der Waals surface area contributed by atoms with Crippen LogP contribution in [-0.2, 0) is 10.0 Å². The number of alkyl halides is 1. The third kappa shape index (κ3) is 3.67. The van der Waals surface area contributed by atoms with Gasteiger partial charge in [-0.05, 0) is 43.0 Å². The molecule has 1 aromatic carbocycles. The molecule has 1 aliphatic carbocycles. The smallest absolute Gasteiger partial charge is 0.207 e. The van der Waals surface area contributed by atoms with Crippen LogP contribution in [0.3, 0.4) is 0 Å². The molecule has 112 valence electrons. The summed E-state index contributed by atoms with van der Waals surface area (Å²) >= 11 is 11.9. The Morgan fingerprint density at radius 1 is 1.35 bits per heavy atom.